The van der Waals surface area contributed by atoms with Gasteiger partial charge in [-0.1, -0.05) is 18.2 Å². The molecular formula is C14H8I2N2O2. The van der Waals surface area contributed by atoms with Crippen molar-refractivity contribution < 1.29 is 4.42 Å². The maximum absolute atomic E-state index is 12.1. The van der Waals surface area contributed by atoms with Gasteiger partial charge in [-0.05, 0) is 69.4 Å². The second kappa shape index (κ2) is 5.68. The zero-order valence-electron chi connectivity index (χ0n) is 10.1. The zero-order valence-corrected chi connectivity index (χ0v) is 14.4. The van der Waals surface area contributed by atoms with Crippen molar-refractivity contribution in [1.29, 1.82) is 0 Å². The van der Waals surface area contributed by atoms with Gasteiger partial charge in [-0.15, -0.1) is 0 Å². The van der Waals surface area contributed by atoms with E-state index in [2.05, 4.69) is 55.5 Å². The van der Waals surface area contributed by atoms with Gasteiger partial charge in [-0.25, -0.2) is 0 Å². The molecule has 0 aliphatic carbocycles. The Morgan fingerprint density at radius 3 is 2.60 bits per heavy atom. The van der Waals surface area contributed by atoms with E-state index in [0.717, 1.165) is 12.8 Å². The number of para-hydroxylation sites is 1. The lowest BCUT2D eigenvalue weighted by atomic mass is 10.2. The van der Waals surface area contributed by atoms with E-state index in [0.29, 0.717) is 11.0 Å². The van der Waals surface area contributed by atoms with Gasteiger partial charge in [0.2, 0.25) is 0 Å². The summed E-state index contributed by atoms with van der Waals surface area (Å²) in [4.78, 5) is 16.0. The van der Waals surface area contributed by atoms with E-state index in [1.807, 2.05) is 36.4 Å². The van der Waals surface area contributed by atoms with Crippen LogP contribution < -0.4 is 10.9 Å². The quantitative estimate of drug-likeness (QED) is 0.550. The van der Waals surface area contributed by atoms with Crippen molar-refractivity contribution in [3.8, 4) is 0 Å². The molecule has 1 N–H and O–H groups in total. The number of hydrogen-bond donors (Lipinski definition) is 1. The first-order valence-corrected chi connectivity index (χ1v) is 7.91. The number of nitrogens with zero attached hydrogens (tertiary/aromatic N) is 1. The highest BCUT2D eigenvalue weighted by molar-refractivity contribution is 14.1. The van der Waals surface area contributed by atoms with Crippen molar-refractivity contribution >= 4 is 67.9 Å². The number of halogens is 2. The van der Waals surface area contributed by atoms with Crippen LogP contribution in [0.3, 0.4) is 0 Å². The van der Waals surface area contributed by atoms with Crippen LogP contribution in [0.4, 0.5) is 11.7 Å². The summed E-state index contributed by atoms with van der Waals surface area (Å²) in [6.45, 7) is 0. The smallest absolute Gasteiger partial charge is 0.303 e. The molecule has 4 nitrogen and oxygen atoms in total. The number of anilines is 2. The molecule has 0 unspecified atom stereocenters. The summed E-state index contributed by atoms with van der Waals surface area (Å²) in [5, 5.41) is 3.50. The molecule has 6 heteroatoms. The topological polar surface area (TPSA) is 55.1 Å². The standard InChI is InChI=1S/C14H8I2N2O2/c15-8-6-10-12(11(16)7-8)20-14(18-13(10)19)17-9-4-2-1-3-5-9/h1-7H,(H,17,18,19). The molecule has 20 heavy (non-hydrogen) atoms. The third kappa shape index (κ3) is 2.80. The van der Waals surface area contributed by atoms with Gasteiger partial charge in [0, 0.05) is 9.26 Å². The van der Waals surface area contributed by atoms with E-state index < -0.39 is 0 Å². The minimum absolute atomic E-state index is 0.202. The normalized spacial score (nSPS) is 10.7. The molecule has 100 valence electrons. The molecule has 0 spiro atoms. The maximum atomic E-state index is 12.1. The molecule has 2 aromatic carbocycles. The molecule has 0 aliphatic rings. The lowest BCUT2D eigenvalue weighted by molar-refractivity contribution is 0.596. The molecular weight excluding hydrogens is 482 g/mol. The molecule has 0 amide bonds. The highest BCUT2D eigenvalue weighted by atomic mass is 127. The third-order valence-corrected chi connectivity index (χ3v) is 4.09. The summed E-state index contributed by atoms with van der Waals surface area (Å²) in [6.07, 6.45) is 0. The Morgan fingerprint density at radius 1 is 1.10 bits per heavy atom. The van der Waals surface area contributed by atoms with Crippen molar-refractivity contribution in [3.63, 3.8) is 0 Å². The van der Waals surface area contributed by atoms with Gasteiger partial charge >= 0.3 is 6.01 Å². The Hall–Kier alpha value is -1.16. The van der Waals surface area contributed by atoms with E-state index in [4.69, 9.17) is 4.42 Å². The first kappa shape index (κ1) is 13.8. The first-order valence-electron chi connectivity index (χ1n) is 5.75. The predicted octanol–water partition coefficient (Wildman–Crippen LogP) is 4.14. The van der Waals surface area contributed by atoms with Crippen molar-refractivity contribution in [2.24, 2.45) is 0 Å². The summed E-state index contributed by atoms with van der Waals surface area (Å²) in [5.74, 6) is 0. The van der Waals surface area contributed by atoms with Crippen LogP contribution in [0.5, 0.6) is 0 Å². The van der Waals surface area contributed by atoms with E-state index in [9.17, 15) is 4.79 Å². The minimum atomic E-state index is -0.291. The third-order valence-electron chi connectivity index (χ3n) is 2.67. The number of rotatable bonds is 2. The van der Waals surface area contributed by atoms with Crippen LogP contribution in [0.25, 0.3) is 11.0 Å². The lowest BCUT2D eigenvalue weighted by Crippen LogP contribution is -2.09. The van der Waals surface area contributed by atoms with Gasteiger partial charge in [0.15, 0.2) is 5.58 Å². The summed E-state index contributed by atoms with van der Waals surface area (Å²) in [6, 6.07) is 13.4. The van der Waals surface area contributed by atoms with Crippen LogP contribution in [0.15, 0.2) is 51.7 Å². The van der Waals surface area contributed by atoms with E-state index in [1.165, 1.54) is 0 Å². The van der Waals surface area contributed by atoms with Crippen LogP contribution in [0.1, 0.15) is 0 Å². The minimum Gasteiger partial charge on any atom is -0.424 e. The van der Waals surface area contributed by atoms with Crippen LogP contribution >= 0.6 is 45.2 Å². The van der Waals surface area contributed by atoms with Gasteiger partial charge in [0.1, 0.15) is 0 Å². The molecule has 0 saturated heterocycles. The second-order valence-electron chi connectivity index (χ2n) is 4.08. The van der Waals surface area contributed by atoms with Crippen LogP contribution in [-0.4, -0.2) is 4.98 Å². The molecule has 0 fully saturated rings. The van der Waals surface area contributed by atoms with Crippen LogP contribution in [-0.2, 0) is 0 Å². The summed E-state index contributed by atoms with van der Waals surface area (Å²) in [5.41, 5.74) is 1.09. The van der Waals surface area contributed by atoms with Gasteiger partial charge < -0.3 is 9.73 Å². The van der Waals surface area contributed by atoms with Crippen molar-refractivity contribution in [3.05, 3.63) is 60.0 Å². The van der Waals surface area contributed by atoms with Gasteiger partial charge in [-0.2, -0.15) is 4.98 Å². The average Bonchev–Trinajstić information content (AvgIpc) is 2.41. The number of fused-ring (bicyclic) bond motifs is 1. The fourth-order valence-electron chi connectivity index (χ4n) is 1.79. The molecule has 0 aliphatic heterocycles. The Morgan fingerprint density at radius 2 is 1.85 bits per heavy atom. The highest BCUT2D eigenvalue weighted by Crippen LogP contribution is 2.24. The van der Waals surface area contributed by atoms with Gasteiger partial charge in [0.25, 0.3) is 5.56 Å². The largest absolute Gasteiger partial charge is 0.424 e. The Balaban J connectivity index is 2.13. The number of benzene rings is 2. The SMILES string of the molecule is O=c1nc(Nc2ccccc2)oc2c(I)cc(I)cc12. The molecule has 3 rings (SSSR count). The average molecular weight is 490 g/mol. The monoisotopic (exact) mass is 490 g/mol. The number of aromatic nitrogens is 1. The Labute approximate surface area is 141 Å². The predicted molar refractivity (Wildman–Crippen MR) is 95.4 cm³/mol. The lowest BCUT2D eigenvalue weighted by Gasteiger charge is -2.06. The van der Waals surface area contributed by atoms with Crippen molar-refractivity contribution in [2.45, 2.75) is 0 Å². The van der Waals surface area contributed by atoms with Crippen LogP contribution in [0, 0.1) is 7.14 Å². The number of nitrogens with one attached hydrogen (secondary N) is 1. The summed E-state index contributed by atoms with van der Waals surface area (Å²) < 4.78 is 7.57. The molecule has 1 heterocycles. The summed E-state index contributed by atoms with van der Waals surface area (Å²) in [7, 11) is 0. The highest BCUT2D eigenvalue weighted by Gasteiger charge is 2.10. The fourth-order valence-corrected chi connectivity index (χ4v) is 3.75. The molecule has 0 atom stereocenters. The van der Waals surface area contributed by atoms with Crippen molar-refractivity contribution in [1.82, 2.24) is 4.98 Å². The van der Waals surface area contributed by atoms with Crippen molar-refractivity contribution in [2.75, 3.05) is 5.32 Å². The Kier molecular flexibility index (Phi) is 3.92. The maximum Gasteiger partial charge on any atom is 0.303 e. The molecule has 1 aromatic heterocycles. The van der Waals surface area contributed by atoms with Crippen LogP contribution in [0.2, 0.25) is 0 Å². The summed E-state index contributed by atoms with van der Waals surface area (Å²) >= 11 is 4.32. The Bertz CT molecular complexity index is 832. The molecule has 0 radical (unpaired) electrons. The van der Waals surface area contributed by atoms with E-state index in [1.54, 1.807) is 6.07 Å². The van der Waals surface area contributed by atoms with E-state index >= 15 is 0 Å². The molecule has 0 saturated carbocycles. The van der Waals surface area contributed by atoms with Gasteiger partial charge in [0.05, 0.1) is 8.96 Å². The fraction of sp³-hybridized carbons (Fsp3) is 0. The van der Waals surface area contributed by atoms with E-state index in [-0.39, 0.29) is 11.6 Å². The second-order valence-corrected chi connectivity index (χ2v) is 6.49. The first-order chi connectivity index (χ1) is 9.63. The zero-order chi connectivity index (χ0) is 14.1. The number of hydrogen-bond acceptors (Lipinski definition) is 4. The molecule has 3 aromatic rings. The molecule has 0 bridgehead atoms. The van der Waals surface area contributed by atoms with Gasteiger partial charge in [-0.3, -0.25) is 4.79 Å².